The van der Waals surface area contributed by atoms with Gasteiger partial charge in [0.15, 0.2) is 0 Å². The van der Waals surface area contributed by atoms with Crippen molar-refractivity contribution in [2.24, 2.45) is 9.98 Å². The summed E-state index contributed by atoms with van der Waals surface area (Å²) in [6.07, 6.45) is 9.12. The first-order valence-corrected chi connectivity index (χ1v) is 10.8. The Hall–Kier alpha value is -2.95. The second-order valence-corrected chi connectivity index (χ2v) is 8.03. The lowest BCUT2D eigenvalue weighted by Crippen LogP contribution is -2.30. The summed E-state index contributed by atoms with van der Waals surface area (Å²) in [7, 11) is 1.72. The minimum atomic E-state index is -0.0930. The van der Waals surface area contributed by atoms with Gasteiger partial charge < -0.3 is 9.64 Å². The van der Waals surface area contributed by atoms with Crippen molar-refractivity contribution in [3.63, 3.8) is 0 Å². The molecular formula is C25H29N3O2. The van der Waals surface area contributed by atoms with Gasteiger partial charge in [0.2, 0.25) is 5.91 Å². The van der Waals surface area contributed by atoms with Crippen molar-refractivity contribution >= 4 is 17.7 Å². The van der Waals surface area contributed by atoms with E-state index in [4.69, 9.17) is 9.73 Å². The molecule has 2 aliphatic heterocycles. The zero-order valence-electron chi connectivity index (χ0n) is 17.8. The van der Waals surface area contributed by atoms with Crippen LogP contribution in [0.1, 0.15) is 43.7 Å². The van der Waals surface area contributed by atoms with E-state index in [1.807, 2.05) is 25.1 Å². The van der Waals surface area contributed by atoms with Gasteiger partial charge in [-0.3, -0.25) is 9.79 Å². The topological polar surface area (TPSA) is 54.3 Å². The number of unbranched alkanes of at least 4 members (excludes halogenated alkanes) is 1. The molecule has 0 aliphatic carbocycles. The number of carbonyl (C=O) groups excluding carboxylic acids is 1. The van der Waals surface area contributed by atoms with E-state index in [0.717, 1.165) is 49.0 Å². The molecule has 0 aromatic heterocycles. The van der Waals surface area contributed by atoms with Crippen LogP contribution < -0.4 is 20.4 Å². The Labute approximate surface area is 177 Å². The Morgan fingerprint density at radius 2 is 2.17 bits per heavy atom. The Morgan fingerprint density at radius 3 is 3.03 bits per heavy atom. The molecule has 0 saturated heterocycles. The fourth-order valence-corrected chi connectivity index (χ4v) is 4.21. The predicted octanol–water partition coefficient (Wildman–Crippen LogP) is 3.50. The van der Waals surface area contributed by atoms with Crippen LogP contribution in [0.15, 0.2) is 52.5 Å². The molecule has 1 amide bonds. The van der Waals surface area contributed by atoms with Crippen molar-refractivity contribution < 1.29 is 9.53 Å². The molecule has 5 nitrogen and oxygen atoms in total. The number of carbonyl (C=O) groups is 1. The largest absolute Gasteiger partial charge is 0.497 e. The van der Waals surface area contributed by atoms with Gasteiger partial charge >= 0.3 is 0 Å². The lowest BCUT2D eigenvalue weighted by Gasteiger charge is -2.31. The van der Waals surface area contributed by atoms with E-state index >= 15 is 0 Å². The number of rotatable bonds is 6. The number of methoxy groups -OCH3 is 1. The number of nitrogens with zero attached hydrogens (tertiary/aromatic N) is 3. The van der Waals surface area contributed by atoms with Gasteiger partial charge in [-0.2, -0.15) is 0 Å². The minimum Gasteiger partial charge on any atom is -0.497 e. The van der Waals surface area contributed by atoms with E-state index in [2.05, 4.69) is 40.2 Å². The number of benzene rings is 2. The van der Waals surface area contributed by atoms with Crippen molar-refractivity contribution in [2.75, 3.05) is 25.1 Å². The van der Waals surface area contributed by atoms with Gasteiger partial charge in [-0.15, -0.1) is 0 Å². The molecule has 30 heavy (non-hydrogen) atoms. The van der Waals surface area contributed by atoms with E-state index in [9.17, 15) is 4.79 Å². The standard InChI is InChI=1S/C25H29N3O2/c1-18-16-24(29)27-22-11-6-9-20(25(22)26-18)8-4-3-5-14-28-15-7-10-19-12-13-21(30-2)17-23(19)28/h4,6,8-9,11-13,17-18H,3,5,7,10,14-16H2,1-2H3/b8-4+/t18-/m1/s1. The highest BCUT2D eigenvalue weighted by Crippen LogP contribution is 2.31. The van der Waals surface area contributed by atoms with E-state index in [-0.39, 0.29) is 11.9 Å². The number of hydrogen-bond acceptors (Lipinski definition) is 4. The van der Waals surface area contributed by atoms with E-state index in [0.29, 0.717) is 11.8 Å². The first kappa shape index (κ1) is 20.3. The molecule has 0 bridgehead atoms. The van der Waals surface area contributed by atoms with Gasteiger partial charge in [-0.25, -0.2) is 4.99 Å². The number of amides is 1. The van der Waals surface area contributed by atoms with Crippen molar-refractivity contribution in [3.8, 4) is 5.75 Å². The SMILES string of the molecule is COc1ccc2c(c1)N(CCC/C=C/c1cccc3c1=N[C@H](C)CC(=O)N=3)CCC2. The molecular weight excluding hydrogens is 374 g/mol. The van der Waals surface area contributed by atoms with Crippen LogP contribution in [-0.2, 0) is 11.2 Å². The number of anilines is 1. The monoisotopic (exact) mass is 403 g/mol. The molecule has 2 heterocycles. The molecule has 0 spiro atoms. The lowest BCUT2D eigenvalue weighted by atomic mass is 10.0. The van der Waals surface area contributed by atoms with Crippen LogP contribution in [0.3, 0.4) is 0 Å². The zero-order valence-corrected chi connectivity index (χ0v) is 17.8. The molecule has 0 radical (unpaired) electrons. The summed E-state index contributed by atoms with van der Waals surface area (Å²) in [5.41, 5.74) is 3.77. The summed E-state index contributed by atoms with van der Waals surface area (Å²) in [6, 6.07) is 12.2. The Morgan fingerprint density at radius 1 is 1.27 bits per heavy atom. The Bertz CT molecular complexity index is 1070. The summed E-state index contributed by atoms with van der Waals surface area (Å²) in [6.45, 7) is 4.10. The molecule has 5 heteroatoms. The van der Waals surface area contributed by atoms with Gasteiger partial charge in [0.05, 0.1) is 30.3 Å². The van der Waals surface area contributed by atoms with Gasteiger partial charge in [0, 0.05) is 30.4 Å². The number of aryl methyl sites for hydroxylation is 1. The number of para-hydroxylation sites is 1. The van der Waals surface area contributed by atoms with Gasteiger partial charge in [0.25, 0.3) is 0 Å². The molecule has 0 N–H and O–H groups in total. The predicted molar refractivity (Wildman–Crippen MR) is 120 cm³/mol. The second kappa shape index (κ2) is 9.24. The van der Waals surface area contributed by atoms with Crippen molar-refractivity contribution in [1.82, 2.24) is 0 Å². The molecule has 2 aromatic rings. The highest BCUT2D eigenvalue weighted by Gasteiger charge is 2.17. The average molecular weight is 404 g/mol. The third-order valence-electron chi connectivity index (χ3n) is 5.71. The molecule has 4 rings (SSSR count). The van der Waals surface area contributed by atoms with Crippen LogP contribution in [-0.4, -0.2) is 32.1 Å². The number of ether oxygens (including phenoxy) is 1. The van der Waals surface area contributed by atoms with Crippen molar-refractivity contribution in [1.29, 1.82) is 0 Å². The summed E-state index contributed by atoms with van der Waals surface area (Å²) in [5.74, 6) is 0.830. The Kier molecular flexibility index (Phi) is 6.26. The molecule has 156 valence electrons. The molecule has 1 atom stereocenters. The molecule has 0 saturated carbocycles. The van der Waals surface area contributed by atoms with Crippen LogP contribution in [0.5, 0.6) is 5.75 Å². The molecule has 2 aromatic carbocycles. The highest BCUT2D eigenvalue weighted by atomic mass is 16.5. The van der Waals surface area contributed by atoms with Gasteiger partial charge in [-0.05, 0) is 50.3 Å². The van der Waals surface area contributed by atoms with Gasteiger partial charge in [0.1, 0.15) is 5.75 Å². The Balaban J connectivity index is 1.42. The fraction of sp³-hybridized carbons (Fsp3) is 0.400. The summed E-state index contributed by atoms with van der Waals surface area (Å²) in [5, 5.41) is 1.52. The van der Waals surface area contributed by atoms with Crippen LogP contribution in [0, 0.1) is 0 Å². The van der Waals surface area contributed by atoms with Crippen molar-refractivity contribution in [3.05, 3.63) is 64.3 Å². The summed E-state index contributed by atoms with van der Waals surface area (Å²) >= 11 is 0. The molecule has 0 unspecified atom stereocenters. The maximum atomic E-state index is 11.9. The highest BCUT2D eigenvalue weighted by molar-refractivity contribution is 5.77. The average Bonchev–Trinajstić information content (AvgIpc) is 2.90. The van der Waals surface area contributed by atoms with Crippen LogP contribution >= 0.6 is 0 Å². The smallest absolute Gasteiger partial charge is 0.248 e. The fourth-order valence-electron chi connectivity index (χ4n) is 4.21. The number of allylic oxidation sites excluding steroid dienone is 1. The second-order valence-electron chi connectivity index (χ2n) is 8.03. The summed E-state index contributed by atoms with van der Waals surface area (Å²) < 4.78 is 5.41. The quantitative estimate of drug-likeness (QED) is 0.694. The lowest BCUT2D eigenvalue weighted by molar-refractivity contribution is -0.118. The van der Waals surface area contributed by atoms with E-state index in [1.54, 1.807) is 7.11 Å². The first-order chi connectivity index (χ1) is 14.6. The molecule has 2 aliphatic rings. The zero-order chi connectivity index (χ0) is 20.9. The first-order valence-electron chi connectivity index (χ1n) is 10.8. The summed E-state index contributed by atoms with van der Waals surface area (Å²) in [4.78, 5) is 23.3. The van der Waals surface area contributed by atoms with Crippen LogP contribution in [0.4, 0.5) is 5.69 Å². The number of hydrogen-bond donors (Lipinski definition) is 0. The van der Waals surface area contributed by atoms with Crippen LogP contribution in [0.25, 0.3) is 6.08 Å². The minimum absolute atomic E-state index is 0.0341. The normalized spacial score (nSPS) is 18.3. The van der Waals surface area contributed by atoms with Gasteiger partial charge in [-0.1, -0.05) is 30.4 Å². The van der Waals surface area contributed by atoms with E-state index < -0.39 is 0 Å². The molecule has 0 fully saturated rings. The maximum absolute atomic E-state index is 11.9. The van der Waals surface area contributed by atoms with E-state index in [1.165, 1.54) is 17.7 Å². The van der Waals surface area contributed by atoms with Crippen LogP contribution in [0.2, 0.25) is 0 Å². The third-order valence-corrected chi connectivity index (χ3v) is 5.71. The maximum Gasteiger partial charge on any atom is 0.248 e. The van der Waals surface area contributed by atoms with Crippen molar-refractivity contribution in [2.45, 2.75) is 45.1 Å². The third kappa shape index (κ3) is 4.61. The number of fused-ring (bicyclic) bond motifs is 2.